The van der Waals surface area contributed by atoms with Crippen LogP contribution in [0.15, 0.2) is 18.2 Å². The second-order valence-electron chi connectivity index (χ2n) is 4.56. The summed E-state index contributed by atoms with van der Waals surface area (Å²) in [4.78, 5) is 12.0. The normalized spacial score (nSPS) is 11.8. The molecule has 1 rings (SSSR count). The zero-order chi connectivity index (χ0) is 15.7. The van der Waals surface area contributed by atoms with Crippen molar-refractivity contribution in [2.24, 2.45) is 0 Å². The standard InChI is InChI=1S/C15H22ClNO4/c1-19-10-12(6-7-16)17-15(18)9-11-4-5-13(20-2)14(8-11)21-3/h4-5,8,12H,6-7,9-10H2,1-3H3,(H,17,18). The van der Waals surface area contributed by atoms with Crippen LogP contribution in [0.4, 0.5) is 0 Å². The van der Waals surface area contributed by atoms with Crippen LogP contribution >= 0.6 is 11.6 Å². The molecule has 0 heterocycles. The molecule has 1 unspecified atom stereocenters. The summed E-state index contributed by atoms with van der Waals surface area (Å²) in [6.45, 7) is 0.449. The van der Waals surface area contributed by atoms with Crippen LogP contribution in [-0.2, 0) is 16.0 Å². The van der Waals surface area contributed by atoms with Gasteiger partial charge < -0.3 is 19.5 Å². The van der Waals surface area contributed by atoms with E-state index in [0.29, 0.717) is 30.4 Å². The fourth-order valence-corrected chi connectivity index (χ4v) is 2.25. The van der Waals surface area contributed by atoms with E-state index in [9.17, 15) is 4.79 Å². The fraction of sp³-hybridized carbons (Fsp3) is 0.533. The van der Waals surface area contributed by atoms with Gasteiger partial charge in [0.15, 0.2) is 11.5 Å². The number of methoxy groups -OCH3 is 3. The van der Waals surface area contributed by atoms with E-state index < -0.39 is 0 Å². The second-order valence-corrected chi connectivity index (χ2v) is 4.94. The van der Waals surface area contributed by atoms with Crippen molar-refractivity contribution in [3.8, 4) is 11.5 Å². The number of benzene rings is 1. The number of hydrogen-bond donors (Lipinski definition) is 1. The summed E-state index contributed by atoms with van der Waals surface area (Å²) >= 11 is 5.71. The lowest BCUT2D eigenvalue weighted by Crippen LogP contribution is -2.39. The lowest BCUT2D eigenvalue weighted by atomic mass is 10.1. The smallest absolute Gasteiger partial charge is 0.224 e. The van der Waals surface area contributed by atoms with Crippen molar-refractivity contribution >= 4 is 17.5 Å². The average Bonchev–Trinajstić information content (AvgIpc) is 2.47. The van der Waals surface area contributed by atoms with Crippen molar-refractivity contribution in [1.82, 2.24) is 5.32 Å². The number of rotatable bonds is 9. The quantitative estimate of drug-likeness (QED) is 0.708. The van der Waals surface area contributed by atoms with E-state index in [-0.39, 0.29) is 18.4 Å². The monoisotopic (exact) mass is 315 g/mol. The molecule has 0 aliphatic carbocycles. The van der Waals surface area contributed by atoms with Gasteiger partial charge in [0, 0.05) is 13.0 Å². The maximum atomic E-state index is 12.0. The topological polar surface area (TPSA) is 56.8 Å². The van der Waals surface area contributed by atoms with Gasteiger partial charge in [-0.3, -0.25) is 4.79 Å². The maximum Gasteiger partial charge on any atom is 0.224 e. The largest absolute Gasteiger partial charge is 0.493 e. The van der Waals surface area contributed by atoms with Gasteiger partial charge in [0.25, 0.3) is 0 Å². The summed E-state index contributed by atoms with van der Waals surface area (Å²) in [6.07, 6.45) is 0.940. The molecule has 21 heavy (non-hydrogen) atoms. The molecule has 118 valence electrons. The summed E-state index contributed by atoms with van der Waals surface area (Å²) in [5.74, 6) is 1.65. The van der Waals surface area contributed by atoms with Crippen LogP contribution < -0.4 is 14.8 Å². The molecule has 0 fully saturated rings. The number of hydrogen-bond acceptors (Lipinski definition) is 4. The highest BCUT2D eigenvalue weighted by molar-refractivity contribution is 6.17. The van der Waals surface area contributed by atoms with Crippen LogP contribution in [0.1, 0.15) is 12.0 Å². The predicted octanol–water partition coefficient (Wildman–Crippen LogP) is 2.01. The minimum Gasteiger partial charge on any atom is -0.493 e. The third-order valence-corrected chi connectivity index (χ3v) is 3.22. The Morgan fingerprint density at radius 1 is 1.24 bits per heavy atom. The number of amides is 1. The Labute approximate surface area is 130 Å². The highest BCUT2D eigenvalue weighted by Gasteiger charge is 2.13. The minimum absolute atomic E-state index is 0.0693. The fourth-order valence-electron chi connectivity index (χ4n) is 1.98. The summed E-state index contributed by atoms with van der Waals surface area (Å²) in [7, 11) is 4.74. The Hall–Kier alpha value is -1.46. The number of halogens is 1. The third kappa shape index (κ3) is 5.81. The molecule has 1 amide bonds. The van der Waals surface area contributed by atoms with E-state index in [0.717, 1.165) is 5.56 Å². The Morgan fingerprint density at radius 3 is 2.52 bits per heavy atom. The molecule has 0 bridgehead atoms. The van der Waals surface area contributed by atoms with E-state index >= 15 is 0 Å². The molecular formula is C15H22ClNO4. The van der Waals surface area contributed by atoms with E-state index in [1.165, 1.54) is 0 Å². The molecule has 0 aromatic heterocycles. The number of alkyl halides is 1. The van der Waals surface area contributed by atoms with Gasteiger partial charge in [-0.05, 0) is 24.1 Å². The molecule has 0 aliphatic rings. The lowest BCUT2D eigenvalue weighted by molar-refractivity contribution is -0.121. The molecule has 1 aromatic rings. The molecule has 1 atom stereocenters. The van der Waals surface area contributed by atoms with Crippen molar-refractivity contribution in [3.63, 3.8) is 0 Å². The van der Waals surface area contributed by atoms with E-state index in [1.54, 1.807) is 33.5 Å². The van der Waals surface area contributed by atoms with Crippen molar-refractivity contribution in [1.29, 1.82) is 0 Å². The van der Waals surface area contributed by atoms with Crippen molar-refractivity contribution in [2.75, 3.05) is 33.8 Å². The molecule has 1 N–H and O–H groups in total. The molecule has 0 radical (unpaired) electrons. The molecule has 5 nitrogen and oxygen atoms in total. The van der Waals surface area contributed by atoms with Crippen LogP contribution in [0, 0.1) is 0 Å². The van der Waals surface area contributed by atoms with E-state index in [2.05, 4.69) is 5.32 Å². The van der Waals surface area contributed by atoms with Crippen molar-refractivity contribution in [2.45, 2.75) is 18.9 Å². The Kier molecular flexibility index (Phi) is 7.93. The number of carbonyl (C=O) groups excluding carboxylic acids is 1. The molecule has 0 spiro atoms. The first-order valence-corrected chi connectivity index (χ1v) is 7.23. The minimum atomic E-state index is -0.0746. The van der Waals surface area contributed by atoms with E-state index in [4.69, 9.17) is 25.8 Å². The Bertz CT molecular complexity index is 447. The van der Waals surface area contributed by atoms with Crippen LogP contribution in [-0.4, -0.2) is 45.8 Å². The van der Waals surface area contributed by atoms with Gasteiger partial charge in [0.05, 0.1) is 33.3 Å². The summed E-state index contributed by atoms with van der Waals surface area (Å²) < 4.78 is 15.5. The van der Waals surface area contributed by atoms with Gasteiger partial charge in [0.2, 0.25) is 5.91 Å². The van der Waals surface area contributed by atoms with Gasteiger partial charge in [0.1, 0.15) is 0 Å². The summed E-state index contributed by atoms with van der Waals surface area (Å²) in [5, 5.41) is 2.91. The Balaban J connectivity index is 2.65. The van der Waals surface area contributed by atoms with Crippen LogP contribution in [0.5, 0.6) is 11.5 Å². The van der Waals surface area contributed by atoms with E-state index in [1.807, 2.05) is 6.07 Å². The van der Waals surface area contributed by atoms with Crippen LogP contribution in [0.2, 0.25) is 0 Å². The molecule has 0 saturated heterocycles. The van der Waals surface area contributed by atoms with Gasteiger partial charge >= 0.3 is 0 Å². The summed E-state index contributed by atoms with van der Waals surface area (Å²) in [6, 6.07) is 5.35. The van der Waals surface area contributed by atoms with Crippen LogP contribution in [0.25, 0.3) is 0 Å². The van der Waals surface area contributed by atoms with Crippen molar-refractivity contribution in [3.05, 3.63) is 23.8 Å². The molecule has 0 saturated carbocycles. The van der Waals surface area contributed by atoms with Crippen LogP contribution in [0.3, 0.4) is 0 Å². The zero-order valence-electron chi connectivity index (χ0n) is 12.6. The first-order chi connectivity index (χ1) is 10.1. The molecular weight excluding hydrogens is 294 g/mol. The predicted molar refractivity (Wildman–Crippen MR) is 82.4 cm³/mol. The SMILES string of the molecule is COCC(CCCl)NC(=O)Cc1ccc(OC)c(OC)c1. The molecule has 1 aromatic carbocycles. The summed E-state index contributed by atoms with van der Waals surface area (Å²) in [5.41, 5.74) is 0.854. The number of ether oxygens (including phenoxy) is 3. The Morgan fingerprint density at radius 2 is 1.95 bits per heavy atom. The highest BCUT2D eigenvalue weighted by Crippen LogP contribution is 2.27. The third-order valence-electron chi connectivity index (χ3n) is 3.00. The number of carbonyl (C=O) groups is 1. The number of nitrogens with one attached hydrogen (secondary N) is 1. The first-order valence-electron chi connectivity index (χ1n) is 6.69. The van der Waals surface area contributed by atoms with Gasteiger partial charge in [-0.25, -0.2) is 0 Å². The zero-order valence-corrected chi connectivity index (χ0v) is 13.4. The van der Waals surface area contributed by atoms with Gasteiger partial charge in [-0.15, -0.1) is 11.6 Å². The highest BCUT2D eigenvalue weighted by atomic mass is 35.5. The second kappa shape index (κ2) is 9.47. The molecule has 0 aliphatic heterocycles. The average molecular weight is 316 g/mol. The molecule has 6 heteroatoms. The first kappa shape index (κ1) is 17.6. The maximum absolute atomic E-state index is 12.0. The van der Waals surface area contributed by atoms with Gasteiger partial charge in [-0.2, -0.15) is 0 Å². The van der Waals surface area contributed by atoms with Gasteiger partial charge in [-0.1, -0.05) is 6.07 Å². The van der Waals surface area contributed by atoms with Crippen molar-refractivity contribution < 1.29 is 19.0 Å². The lowest BCUT2D eigenvalue weighted by Gasteiger charge is -2.17.